The number of benzene rings is 3. The molecule has 9 heteroatoms. The number of nitrogens with zero attached hydrogens (tertiary/aromatic N) is 1. The Labute approximate surface area is 255 Å². The van der Waals surface area contributed by atoms with Crippen molar-refractivity contribution in [1.29, 1.82) is 0 Å². The predicted octanol–water partition coefficient (Wildman–Crippen LogP) is 7.18. The standard InChI is InChI=1S/C33H30Cl2N2O5/c1-4-6-15-26-21(3)29(31(38)36-42-20-22-11-8-7-9-12-22)30(27-17-16-24(34)19-28(27)35)37(32(26)39)25-14-10-13-23(18-25)33(40)41-5-2/h4,6-19,29-30H,1,5,20H2,2-3H3,(H,36,38)/b15-6-/t29-,30+/m1/s1. The van der Waals surface area contributed by atoms with E-state index in [4.69, 9.17) is 32.8 Å². The minimum Gasteiger partial charge on any atom is -0.462 e. The number of nitrogens with one attached hydrogen (secondary N) is 1. The molecule has 4 rings (SSSR count). The van der Waals surface area contributed by atoms with E-state index in [2.05, 4.69) is 12.1 Å². The van der Waals surface area contributed by atoms with Gasteiger partial charge in [-0.2, -0.15) is 0 Å². The Balaban J connectivity index is 1.86. The van der Waals surface area contributed by atoms with Gasteiger partial charge in [0.25, 0.3) is 11.8 Å². The van der Waals surface area contributed by atoms with Gasteiger partial charge in [0.15, 0.2) is 0 Å². The molecular weight excluding hydrogens is 575 g/mol. The highest BCUT2D eigenvalue weighted by molar-refractivity contribution is 6.35. The van der Waals surface area contributed by atoms with Crippen molar-refractivity contribution in [2.75, 3.05) is 11.5 Å². The molecule has 216 valence electrons. The zero-order chi connectivity index (χ0) is 30.2. The molecule has 0 spiro atoms. The van der Waals surface area contributed by atoms with Crippen LogP contribution in [0.5, 0.6) is 0 Å². The maximum absolute atomic E-state index is 14.2. The van der Waals surface area contributed by atoms with Crippen LogP contribution in [0.1, 0.15) is 41.4 Å². The summed E-state index contributed by atoms with van der Waals surface area (Å²) in [7, 11) is 0. The van der Waals surface area contributed by atoms with Gasteiger partial charge in [0.2, 0.25) is 0 Å². The number of hydrogen-bond acceptors (Lipinski definition) is 5. The summed E-state index contributed by atoms with van der Waals surface area (Å²) in [6.45, 7) is 7.48. The lowest BCUT2D eigenvalue weighted by molar-refractivity contribution is -0.138. The third-order valence-corrected chi connectivity index (χ3v) is 7.35. The van der Waals surface area contributed by atoms with Gasteiger partial charge < -0.3 is 4.74 Å². The Bertz CT molecular complexity index is 1550. The quantitative estimate of drug-likeness (QED) is 0.150. The summed E-state index contributed by atoms with van der Waals surface area (Å²) >= 11 is 12.9. The number of amides is 2. The van der Waals surface area contributed by atoms with Gasteiger partial charge in [-0.25, -0.2) is 10.3 Å². The van der Waals surface area contributed by atoms with E-state index in [9.17, 15) is 14.4 Å². The molecule has 1 N–H and O–H groups in total. The molecule has 1 heterocycles. The number of hydroxylamine groups is 1. The van der Waals surface area contributed by atoms with Crippen LogP contribution in [0.4, 0.5) is 5.69 Å². The van der Waals surface area contributed by atoms with Crippen LogP contribution < -0.4 is 10.4 Å². The largest absolute Gasteiger partial charge is 0.462 e. The van der Waals surface area contributed by atoms with E-state index >= 15 is 0 Å². The molecular formula is C33H30Cl2N2O5. The van der Waals surface area contributed by atoms with Crippen LogP contribution >= 0.6 is 23.2 Å². The first kappa shape index (κ1) is 30.8. The van der Waals surface area contributed by atoms with Crippen LogP contribution in [0.3, 0.4) is 0 Å². The first-order valence-electron chi connectivity index (χ1n) is 13.3. The summed E-state index contributed by atoms with van der Waals surface area (Å²) in [5, 5.41) is 0.670. The van der Waals surface area contributed by atoms with Crippen molar-refractivity contribution < 1.29 is 24.0 Å². The third kappa shape index (κ3) is 6.82. The normalized spacial score (nSPS) is 17.0. The monoisotopic (exact) mass is 604 g/mol. The zero-order valence-corrected chi connectivity index (χ0v) is 24.7. The molecule has 1 aliphatic rings. The summed E-state index contributed by atoms with van der Waals surface area (Å²) in [5.74, 6) is -2.35. The summed E-state index contributed by atoms with van der Waals surface area (Å²) < 4.78 is 5.18. The number of anilines is 1. The molecule has 0 bridgehead atoms. The lowest BCUT2D eigenvalue weighted by atomic mass is 9.79. The minimum atomic E-state index is -0.937. The van der Waals surface area contributed by atoms with Gasteiger partial charge in [0.05, 0.1) is 30.7 Å². The number of hydrogen-bond donors (Lipinski definition) is 1. The van der Waals surface area contributed by atoms with Gasteiger partial charge in [0.1, 0.15) is 0 Å². The Hall–Kier alpha value is -4.17. The average molecular weight is 606 g/mol. The van der Waals surface area contributed by atoms with Gasteiger partial charge in [-0.3, -0.25) is 19.3 Å². The second-order valence-corrected chi connectivity index (χ2v) is 10.3. The van der Waals surface area contributed by atoms with E-state index < -0.39 is 29.7 Å². The van der Waals surface area contributed by atoms with Gasteiger partial charge in [-0.05, 0) is 67.0 Å². The van der Waals surface area contributed by atoms with Crippen LogP contribution in [-0.2, 0) is 25.8 Å². The highest BCUT2D eigenvalue weighted by Gasteiger charge is 2.45. The van der Waals surface area contributed by atoms with Crippen molar-refractivity contribution in [3.8, 4) is 0 Å². The Kier molecular flexibility index (Phi) is 10.4. The van der Waals surface area contributed by atoms with E-state index in [1.54, 1.807) is 74.5 Å². The molecule has 0 fully saturated rings. The minimum absolute atomic E-state index is 0.141. The van der Waals surface area contributed by atoms with Crippen LogP contribution in [0.25, 0.3) is 0 Å². The van der Waals surface area contributed by atoms with Gasteiger partial charge in [-0.15, -0.1) is 0 Å². The Morgan fingerprint density at radius 2 is 1.81 bits per heavy atom. The Morgan fingerprint density at radius 3 is 2.50 bits per heavy atom. The first-order chi connectivity index (χ1) is 20.3. The smallest absolute Gasteiger partial charge is 0.338 e. The third-order valence-electron chi connectivity index (χ3n) is 6.79. The highest BCUT2D eigenvalue weighted by Crippen LogP contribution is 2.45. The molecule has 3 aromatic carbocycles. The fraction of sp³-hybridized carbons (Fsp3) is 0.182. The summed E-state index contributed by atoms with van der Waals surface area (Å²) in [5.41, 5.74) is 5.36. The van der Waals surface area contributed by atoms with Crippen molar-refractivity contribution in [3.63, 3.8) is 0 Å². The molecule has 0 saturated heterocycles. The summed E-state index contributed by atoms with van der Waals surface area (Å²) in [6.07, 6.45) is 4.78. The van der Waals surface area contributed by atoms with Gasteiger partial charge >= 0.3 is 5.97 Å². The fourth-order valence-electron chi connectivity index (χ4n) is 4.85. The van der Waals surface area contributed by atoms with Gasteiger partial charge in [-0.1, -0.05) is 84.4 Å². The van der Waals surface area contributed by atoms with Crippen molar-refractivity contribution in [3.05, 3.63) is 135 Å². The molecule has 2 atom stereocenters. The van der Waals surface area contributed by atoms with E-state index in [1.165, 1.54) is 4.90 Å². The zero-order valence-electron chi connectivity index (χ0n) is 23.2. The lowest BCUT2D eigenvalue weighted by Gasteiger charge is -2.42. The maximum Gasteiger partial charge on any atom is 0.338 e. The number of rotatable bonds is 10. The number of carbonyl (C=O) groups is 3. The molecule has 1 aliphatic heterocycles. The SMILES string of the molecule is C=C/C=C\C1=C(C)[C@@H](C(=O)NOCc2ccccc2)[C@H](c2ccc(Cl)cc2Cl)N(c2cccc(C(=O)OCC)c2)C1=O. The van der Waals surface area contributed by atoms with Crippen molar-refractivity contribution in [1.82, 2.24) is 5.48 Å². The van der Waals surface area contributed by atoms with E-state index in [0.717, 1.165) is 5.56 Å². The molecule has 42 heavy (non-hydrogen) atoms. The number of carbonyl (C=O) groups excluding carboxylic acids is 3. The van der Waals surface area contributed by atoms with Crippen LogP contribution in [0.2, 0.25) is 10.0 Å². The molecule has 0 saturated carbocycles. The van der Waals surface area contributed by atoms with Crippen molar-refractivity contribution in [2.45, 2.75) is 26.5 Å². The second-order valence-electron chi connectivity index (χ2n) is 9.47. The Morgan fingerprint density at radius 1 is 1.05 bits per heavy atom. The molecule has 3 aromatic rings. The van der Waals surface area contributed by atoms with E-state index in [0.29, 0.717) is 27.4 Å². The number of esters is 1. The van der Waals surface area contributed by atoms with Crippen molar-refractivity contribution in [2.24, 2.45) is 5.92 Å². The van der Waals surface area contributed by atoms with E-state index in [-0.39, 0.29) is 23.8 Å². The van der Waals surface area contributed by atoms with Crippen LogP contribution in [0.15, 0.2) is 109 Å². The highest BCUT2D eigenvalue weighted by atomic mass is 35.5. The number of allylic oxidation sites excluding steroid dienone is 2. The summed E-state index contributed by atoms with van der Waals surface area (Å²) in [6, 6.07) is 19.9. The second kappa shape index (κ2) is 14.1. The topological polar surface area (TPSA) is 84.9 Å². The van der Waals surface area contributed by atoms with Crippen LogP contribution in [-0.4, -0.2) is 24.4 Å². The van der Waals surface area contributed by atoms with E-state index in [1.807, 2.05) is 30.3 Å². The fourth-order valence-corrected chi connectivity index (χ4v) is 5.37. The van der Waals surface area contributed by atoms with Gasteiger partial charge in [0, 0.05) is 21.3 Å². The average Bonchev–Trinajstić information content (AvgIpc) is 2.97. The van der Waals surface area contributed by atoms with Crippen LogP contribution in [0, 0.1) is 5.92 Å². The number of halogens is 2. The molecule has 0 aliphatic carbocycles. The lowest BCUT2D eigenvalue weighted by Crippen LogP contribution is -2.49. The molecule has 7 nitrogen and oxygen atoms in total. The molecule has 0 unspecified atom stereocenters. The summed E-state index contributed by atoms with van der Waals surface area (Å²) in [4.78, 5) is 47.8. The molecule has 2 amide bonds. The first-order valence-corrected chi connectivity index (χ1v) is 14.0. The molecule has 0 radical (unpaired) electrons. The predicted molar refractivity (Wildman–Crippen MR) is 164 cm³/mol. The maximum atomic E-state index is 14.2. The van der Waals surface area contributed by atoms with Crippen molar-refractivity contribution >= 4 is 46.7 Å². The molecule has 0 aromatic heterocycles. The number of ether oxygens (including phenoxy) is 1.